The molecule has 0 spiro atoms. The molecule has 2 atom stereocenters. The summed E-state index contributed by atoms with van der Waals surface area (Å²) in [5, 5.41) is 8.85. The number of aliphatic hydroxyl groups excluding tert-OH is 1. The molecule has 1 fully saturated rings. The molecular formula is C5H11NO2. The summed E-state index contributed by atoms with van der Waals surface area (Å²) in [5.74, 6) is 0. The van der Waals surface area contributed by atoms with Crippen molar-refractivity contribution in [3.63, 3.8) is 0 Å². The first-order valence-corrected chi connectivity index (χ1v) is 2.82. The molecule has 0 aromatic carbocycles. The van der Waals surface area contributed by atoms with E-state index in [4.69, 9.17) is 15.6 Å². The third-order valence-corrected chi connectivity index (χ3v) is 1.32. The Bertz CT molecular complexity index is 76.8. The predicted octanol–water partition coefficient (Wildman–Crippen LogP) is -0.905. The molecule has 0 aromatic heterocycles. The Morgan fingerprint density at radius 2 is 2.50 bits per heavy atom. The Hall–Kier alpha value is -0.120. The SMILES string of the molecule is NCC1C[C@@H](O)CO1. The monoisotopic (exact) mass is 117 g/mol. The van der Waals surface area contributed by atoms with Crippen molar-refractivity contribution in [2.45, 2.75) is 18.6 Å². The third kappa shape index (κ3) is 1.18. The Morgan fingerprint density at radius 3 is 2.75 bits per heavy atom. The Morgan fingerprint density at radius 1 is 1.75 bits per heavy atom. The lowest BCUT2D eigenvalue weighted by atomic mass is 10.2. The molecule has 0 aromatic rings. The second kappa shape index (κ2) is 2.44. The van der Waals surface area contributed by atoms with Crippen LogP contribution >= 0.6 is 0 Å². The molecule has 1 saturated heterocycles. The van der Waals surface area contributed by atoms with Crippen LogP contribution < -0.4 is 5.73 Å². The fourth-order valence-corrected chi connectivity index (χ4v) is 0.851. The van der Waals surface area contributed by atoms with Crippen molar-refractivity contribution in [3.05, 3.63) is 0 Å². The average Bonchev–Trinajstić information content (AvgIpc) is 2.14. The van der Waals surface area contributed by atoms with E-state index >= 15 is 0 Å². The quantitative estimate of drug-likeness (QED) is 0.467. The largest absolute Gasteiger partial charge is 0.391 e. The van der Waals surface area contributed by atoms with Gasteiger partial charge in [-0.1, -0.05) is 0 Å². The summed E-state index contributed by atoms with van der Waals surface area (Å²) in [6, 6.07) is 0. The summed E-state index contributed by atoms with van der Waals surface area (Å²) in [6.07, 6.45) is 0.532. The van der Waals surface area contributed by atoms with Gasteiger partial charge in [0.15, 0.2) is 0 Å². The molecule has 3 heteroatoms. The van der Waals surface area contributed by atoms with Gasteiger partial charge >= 0.3 is 0 Å². The molecule has 1 rings (SSSR count). The standard InChI is InChI=1S/C5H11NO2/c6-2-5-1-4(7)3-8-5/h4-5,7H,1-3,6H2/t4-,5?/m1/s1. The van der Waals surface area contributed by atoms with Crippen molar-refractivity contribution in [1.82, 2.24) is 0 Å². The lowest BCUT2D eigenvalue weighted by molar-refractivity contribution is 0.0926. The van der Waals surface area contributed by atoms with Crippen LogP contribution in [0.1, 0.15) is 6.42 Å². The summed E-state index contributed by atoms with van der Waals surface area (Å²) in [7, 11) is 0. The highest BCUT2D eigenvalue weighted by Gasteiger charge is 2.21. The van der Waals surface area contributed by atoms with Crippen molar-refractivity contribution in [2.75, 3.05) is 13.2 Å². The van der Waals surface area contributed by atoms with Gasteiger partial charge in [-0.25, -0.2) is 0 Å². The maximum Gasteiger partial charge on any atom is 0.0799 e. The maximum atomic E-state index is 8.85. The normalized spacial score (nSPS) is 38.2. The highest BCUT2D eigenvalue weighted by molar-refractivity contribution is 4.72. The van der Waals surface area contributed by atoms with Gasteiger partial charge in [0.05, 0.1) is 18.8 Å². The second-order valence-corrected chi connectivity index (χ2v) is 2.08. The van der Waals surface area contributed by atoms with Crippen molar-refractivity contribution in [3.8, 4) is 0 Å². The third-order valence-electron chi connectivity index (χ3n) is 1.32. The fourth-order valence-electron chi connectivity index (χ4n) is 0.851. The molecule has 8 heavy (non-hydrogen) atoms. The van der Waals surface area contributed by atoms with Gasteiger partial charge in [-0.3, -0.25) is 0 Å². The van der Waals surface area contributed by atoms with E-state index in [2.05, 4.69) is 0 Å². The van der Waals surface area contributed by atoms with E-state index in [1.807, 2.05) is 0 Å². The van der Waals surface area contributed by atoms with Crippen LogP contribution in [0.15, 0.2) is 0 Å². The van der Waals surface area contributed by atoms with Crippen LogP contribution in [0, 0.1) is 0 Å². The van der Waals surface area contributed by atoms with Crippen molar-refractivity contribution in [2.24, 2.45) is 5.73 Å². The second-order valence-electron chi connectivity index (χ2n) is 2.08. The van der Waals surface area contributed by atoms with Gasteiger partial charge in [0.2, 0.25) is 0 Å². The lowest BCUT2D eigenvalue weighted by Gasteiger charge is -2.01. The molecule has 0 aliphatic carbocycles. The summed E-state index contributed by atoms with van der Waals surface area (Å²) >= 11 is 0. The van der Waals surface area contributed by atoms with Crippen LogP contribution in [0.5, 0.6) is 0 Å². The van der Waals surface area contributed by atoms with Crippen LogP contribution in [-0.4, -0.2) is 30.5 Å². The zero-order valence-corrected chi connectivity index (χ0v) is 4.71. The number of ether oxygens (including phenoxy) is 1. The van der Waals surface area contributed by atoms with Crippen molar-refractivity contribution < 1.29 is 9.84 Å². The minimum absolute atomic E-state index is 0.102. The molecule has 0 radical (unpaired) electrons. The molecule has 1 aliphatic rings. The maximum absolute atomic E-state index is 8.85. The molecule has 3 N–H and O–H groups in total. The predicted molar refractivity (Wildman–Crippen MR) is 29.4 cm³/mol. The first-order chi connectivity index (χ1) is 3.83. The van der Waals surface area contributed by atoms with Crippen LogP contribution in [0.4, 0.5) is 0 Å². The Kier molecular flexibility index (Phi) is 1.83. The number of aliphatic hydroxyl groups is 1. The molecule has 0 bridgehead atoms. The Balaban J connectivity index is 2.22. The summed E-state index contributed by atoms with van der Waals surface area (Å²) in [4.78, 5) is 0. The van der Waals surface area contributed by atoms with E-state index in [1.54, 1.807) is 0 Å². The first kappa shape index (κ1) is 6.01. The Labute approximate surface area is 48.4 Å². The lowest BCUT2D eigenvalue weighted by Crippen LogP contribution is -2.18. The molecule has 0 saturated carbocycles. The van der Waals surface area contributed by atoms with Gasteiger partial charge in [0.25, 0.3) is 0 Å². The van der Waals surface area contributed by atoms with Crippen LogP contribution in [0.2, 0.25) is 0 Å². The minimum Gasteiger partial charge on any atom is -0.391 e. The molecule has 1 heterocycles. The van der Waals surface area contributed by atoms with Crippen LogP contribution in [0.25, 0.3) is 0 Å². The van der Waals surface area contributed by atoms with Crippen molar-refractivity contribution >= 4 is 0 Å². The van der Waals surface area contributed by atoms with E-state index in [-0.39, 0.29) is 12.2 Å². The van der Waals surface area contributed by atoms with Gasteiger partial charge in [-0.15, -0.1) is 0 Å². The topological polar surface area (TPSA) is 55.5 Å². The smallest absolute Gasteiger partial charge is 0.0799 e. The van der Waals surface area contributed by atoms with Gasteiger partial charge < -0.3 is 15.6 Å². The summed E-state index contributed by atoms with van der Waals surface area (Å²) in [5.41, 5.74) is 5.26. The van der Waals surface area contributed by atoms with Crippen molar-refractivity contribution in [1.29, 1.82) is 0 Å². The fraction of sp³-hybridized carbons (Fsp3) is 1.00. The highest BCUT2D eigenvalue weighted by Crippen LogP contribution is 2.10. The van der Waals surface area contributed by atoms with E-state index in [0.717, 1.165) is 0 Å². The first-order valence-electron chi connectivity index (χ1n) is 2.82. The average molecular weight is 117 g/mol. The highest BCUT2D eigenvalue weighted by atomic mass is 16.5. The molecule has 48 valence electrons. The number of hydrogen-bond donors (Lipinski definition) is 2. The van der Waals surface area contributed by atoms with Gasteiger partial charge in [0.1, 0.15) is 0 Å². The van der Waals surface area contributed by atoms with Crippen LogP contribution in [-0.2, 0) is 4.74 Å². The van der Waals surface area contributed by atoms with E-state index < -0.39 is 0 Å². The van der Waals surface area contributed by atoms with Gasteiger partial charge in [-0.2, -0.15) is 0 Å². The minimum atomic E-state index is -0.274. The molecule has 1 unspecified atom stereocenters. The number of nitrogens with two attached hydrogens (primary N) is 1. The molecule has 0 amide bonds. The van der Waals surface area contributed by atoms with Gasteiger partial charge in [-0.05, 0) is 0 Å². The summed E-state index contributed by atoms with van der Waals surface area (Å²) in [6.45, 7) is 0.985. The summed E-state index contributed by atoms with van der Waals surface area (Å²) < 4.78 is 5.04. The molecule has 3 nitrogen and oxygen atoms in total. The zero-order valence-electron chi connectivity index (χ0n) is 4.71. The van der Waals surface area contributed by atoms with E-state index in [0.29, 0.717) is 19.6 Å². The van der Waals surface area contributed by atoms with Gasteiger partial charge in [0, 0.05) is 13.0 Å². The van der Waals surface area contributed by atoms with E-state index in [9.17, 15) is 0 Å². The van der Waals surface area contributed by atoms with Crippen LogP contribution in [0.3, 0.4) is 0 Å². The molecule has 1 aliphatic heterocycles. The van der Waals surface area contributed by atoms with E-state index in [1.165, 1.54) is 0 Å². The number of rotatable bonds is 1. The zero-order chi connectivity index (χ0) is 5.98. The molecular weight excluding hydrogens is 106 g/mol. The number of hydrogen-bond acceptors (Lipinski definition) is 3.